The van der Waals surface area contributed by atoms with Crippen LogP contribution in [-0.2, 0) is 6.18 Å². The van der Waals surface area contributed by atoms with Crippen molar-refractivity contribution in [1.29, 1.82) is 0 Å². The fourth-order valence-corrected chi connectivity index (χ4v) is 3.18. The number of aryl methyl sites for hydroxylation is 1. The van der Waals surface area contributed by atoms with Crippen molar-refractivity contribution >= 4 is 34.7 Å². The second kappa shape index (κ2) is 9.57. The number of aromatic nitrogens is 3. The Morgan fingerprint density at radius 2 is 1.44 bits per heavy atom. The summed E-state index contributed by atoms with van der Waals surface area (Å²) in [6.07, 6.45) is -2.96. The van der Waals surface area contributed by atoms with Crippen LogP contribution in [0.25, 0.3) is 0 Å². The number of nitrogens with one attached hydrogen (secondary N) is 3. The highest BCUT2D eigenvalue weighted by molar-refractivity contribution is 6.05. The van der Waals surface area contributed by atoms with E-state index in [1.807, 2.05) is 18.2 Å². The molecule has 3 N–H and O–H groups in total. The third-order valence-corrected chi connectivity index (χ3v) is 4.65. The zero-order chi connectivity index (χ0) is 24.1. The number of hydrogen-bond donors (Lipinski definition) is 3. The van der Waals surface area contributed by atoms with Crippen LogP contribution in [0.15, 0.2) is 79.0 Å². The molecule has 172 valence electrons. The minimum atomic E-state index is -4.62. The number of pyridine rings is 1. The van der Waals surface area contributed by atoms with Crippen molar-refractivity contribution < 1.29 is 18.0 Å². The summed E-state index contributed by atoms with van der Waals surface area (Å²) >= 11 is 0. The molecule has 0 spiro atoms. The molecule has 0 saturated heterocycles. The van der Waals surface area contributed by atoms with Crippen LogP contribution in [-0.4, -0.2) is 20.9 Å². The van der Waals surface area contributed by atoms with Gasteiger partial charge >= 0.3 is 6.18 Å². The van der Waals surface area contributed by atoms with E-state index < -0.39 is 23.2 Å². The maximum Gasteiger partial charge on any atom is 0.417 e. The van der Waals surface area contributed by atoms with E-state index in [4.69, 9.17) is 0 Å². The number of benzene rings is 2. The van der Waals surface area contributed by atoms with Gasteiger partial charge in [-0.1, -0.05) is 18.2 Å². The molecule has 0 aliphatic rings. The lowest BCUT2D eigenvalue weighted by Crippen LogP contribution is -2.18. The van der Waals surface area contributed by atoms with E-state index in [-0.39, 0.29) is 0 Å². The molecule has 4 aromatic rings. The Bertz CT molecular complexity index is 1290. The topological polar surface area (TPSA) is 91.8 Å². The van der Waals surface area contributed by atoms with Crippen molar-refractivity contribution in [3.05, 3.63) is 95.9 Å². The number of halogens is 3. The number of rotatable bonds is 6. The average Bonchev–Trinajstić information content (AvgIpc) is 2.80. The molecule has 7 nitrogen and oxygen atoms in total. The van der Waals surface area contributed by atoms with Gasteiger partial charge in [0, 0.05) is 23.6 Å². The average molecular weight is 464 g/mol. The maximum atomic E-state index is 13.2. The third kappa shape index (κ3) is 5.66. The fraction of sp³-hybridized carbons (Fsp3) is 0.0833. The van der Waals surface area contributed by atoms with Crippen molar-refractivity contribution in [2.24, 2.45) is 0 Å². The van der Waals surface area contributed by atoms with E-state index in [1.165, 1.54) is 12.1 Å². The molecule has 4 rings (SSSR count). The highest BCUT2D eigenvalue weighted by Crippen LogP contribution is 2.32. The largest absolute Gasteiger partial charge is 0.417 e. The number of anilines is 5. The van der Waals surface area contributed by atoms with Crippen molar-refractivity contribution in [1.82, 2.24) is 15.0 Å². The van der Waals surface area contributed by atoms with Crippen LogP contribution in [0.3, 0.4) is 0 Å². The van der Waals surface area contributed by atoms with Gasteiger partial charge in [0.1, 0.15) is 23.3 Å². The van der Waals surface area contributed by atoms with Crippen LogP contribution < -0.4 is 16.0 Å². The first kappa shape index (κ1) is 22.7. The Labute approximate surface area is 193 Å². The molecule has 0 fully saturated rings. The Kier molecular flexibility index (Phi) is 6.39. The van der Waals surface area contributed by atoms with E-state index in [1.54, 1.807) is 43.5 Å². The Morgan fingerprint density at radius 1 is 0.794 bits per heavy atom. The summed E-state index contributed by atoms with van der Waals surface area (Å²) in [6, 6.07) is 18.3. The molecular formula is C24H19F3N6O. The van der Waals surface area contributed by atoms with Gasteiger partial charge in [0.2, 0.25) is 0 Å². The van der Waals surface area contributed by atoms with Gasteiger partial charge in [0.05, 0.1) is 11.1 Å². The molecule has 0 bridgehead atoms. The van der Waals surface area contributed by atoms with Crippen LogP contribution in [0, 0.1) is 6.92 Å². The number of carbonyl (C=O) groups is 1. The monoisotopic (exact) mass is 464 g/mol. The molecule has 2 heterocycles. The fourth-order valence-electron chi connectivity index (χ4n) is 3.18. The van der Waals surface area contributed by atoms with Crippen LogP contribution >= 0.6 is 0 Å². The summed E-state index contributed by atoms with van der Waals surface area (Å²) < 4.78 is 39.5. The first-order valence-electron chi connectivity index (χ1n) is 10.2. The van der Waals surface area contributed by atoms with Gasteiger partial charge in [-0.2, -0.15) is 13.2 Å². The first-order chi connectivity index (χ1) is 16.3. The number of carbonyl (C=O) groups excluding carboxylic acids is 1. The lowest BCUT2D eigenvalue weighted by Gasteiger charge is -2.13. The quantitative estimate of drug-likeness (QED) is 0.327. The van der Waals surface area contributed by atoms with E-state index in [2.05, 4.69) is 30.9 Å². The van der Waals surface area contributed by atoms with Crippen LogP contribution in [0.1, 0.15) is 21.7 Å². The molecule has 0 unspecified atom stereocenters. The Hall–Kier alpha value is -4.47. The van der Waals surface area contributed by atoms with Crippen molar-refractivity contribution in [3.8, 4) is 0 Å². The summed E-state index contributed by atoms with van der Waals surface area (Å²) in [7, 11) is 0. The van der Waals surface area contributed by atoms with E-state index in [0.717, 1.165) is 12.1 Å². The van der Waals surface area contributed by atoms with E-state index in [0.29, 0.717) is 34.7 Å². The molecule has 0 atom stereocenters. The molecule has 0 radical (unpaired) electrons. The number of hydrogen-bond acceptors (Lipinski definition) is 6. The second-order valence-corrected chi connectivity index (χ2v) is 7.23. The van der Waals surface area contributed by atoms with Crippen molar-refractivity contribution in [2.45, 2.75) is 13.1 Å². The minimum absolute atomic E-state index is 0.351. The summed E-state index contributed by atoms with van der Waals surface area (Å²) in [5.41, 5.74) is -0.416. The molecule has 10 heteroatoms. The van der Waals surface area contributed by atoms with Gasteiger partial charge in [-0.05, 0) is 55.5 Å². The molecule has 0 aliphatic heterocycles. The van der Waals surface area contributed by atoms with Crippen LogP contribution in [0.5, 0.6) is 0 Å². The van der Waals surface area contributed by atoms with Gasteiger partial charge in [-0.3, -0.25) is 4.79 Å². The Morgan fingerprint density at radius 3 is 2.12 bits per heavy atom. The normalized spacial score (nSPS) is 11.1. The SMILES string of the molecule is Cc1nc(Nc2ccc(NC(=O)c3ccccc3C(F)(F)F)cc2)cc(Nc2ccccn2)n1. The van der Waals surface area contributed by atoms with E-state index >= 15 is 0 Å². The lowest BCUT2D eigenvalue weighted by molar-refractivity contribution is -0.137. The molecule has 0 saturated carbocycles. The molecule has 34 heavy (non-hydrogen) atoms. The summed E-state index contributed by atoms with van der Waals surface area (Å²) in [6.45, 7) is 1.76. The molecule has 2 aromatic heterocycles. The zero-order valence-electron chi connectivity index (χ0n) is 17.9. The van der Waals surface area contributed by atoms with E-state index in [9.17, 15) is 18.0 Å². The van der Waals surface area contributed by atoms with Gasteiger partial charge in [0.15, 0.2) is 0 Å². The predicted octanol–water partition coefficient (Wildman–Crippen LogP) is 5.94. The standard InChI is InChI=1S/C24H19F3N6O/c1-15-29-21(14-22(30-15)33-20-8-4-5-13-28-20)31-16-9-11-17(12-10-16)32-23(34)18-6-2-3-7-19(18)24(25,26)27/h2-14H,1H3,(H,32,34)(H2,28,29,30,31,33). The van der Waals surface area contributed by atoms with Gasteiger partial charge in [0.25, 0.3) is 5.91 Å². The minimum Gasteiger partial charge on any atom is -0.340 e. The summed E-state index contributed by atoms with van der Waals surface area (Å²) in [5.74, 6) is 1.42. The number of nitrogens with zero attached hydrogens (tertiary/aromatic N) is 3. The first-order valence-corrected chi connectivity index (χ1v) is 10.2. The Balaban J connectivity index is 1.45. The molecule has 2 aromatic carbocycles. The maximum absolute atomic E-state index is 13.2. The third-order valence-electron chi connectivity index (χ3n) is 4.65. The summed E-state index contributed by atoms with van der Waals surface area (Å²) in [5, 5.41) is 8.74. The van der Waals surface area contributed by atoms with Crippen LogP contribution in [0.4, 0.5) is 42.0 Å². The molecular weight excluding hydrogens is 445 g/mol. The summed E-state index contributed by atoms with van der Waals surface area (Å²) in [4.78, 5) is 25.3. The van der Waals surface area contributed by atoms with Crippen LogP contribution in [0.2, 0.25) is 0 Å². The molecule has 0 aliphatic carbocycles. The predicted molar refractivity (Wildman–Crippen MR) is 123 cm³/mol. The molecule has 1 amide bonds. The lowest BCUT2D eigenvalue weighted by atomic mass is 10.1. The number of alkyl halides is 3. The van der Waals surface area contributed by atoms with Crippen molar-refractivity contribution in [3.63, 3.8) is 0 Å². The van der Waals surface area contributed by atoms with Gasteiger partial charge < -0.3 is 16.0 Å². The van der Waals surface area contributed by atoms with Gasteiger partial charge in [-0.25, -0.2) is 15.0 Å². The zero-order valence-corrected chi connectivity index (χ0v) is 17.9. The highest BCUT2D eigenvalue weighted by Gasteiger charge is 2.34. The highest BCUT2D eigenvalue weighted by atomic mass is 19.4. The van der Waals surface area contributed by atoms with Gasteiger partial charge in [-0.15, -0.1) is 0 Å². The van der Waals surface area contributed by atoms with Crippen molar-refractivity contribution in [2.75, 3.05) is 16.0 Å². The number of amides is 1. The second-order valence-electron chi connectivity index (χ2n) is 7.23. The smallest absolute Gasteiger partial charge is 0.340 e.